The van der Waals surface area contributed by atoms with Crippen LogP contribution in [0.4, 0.5) is 0 Å². The van der Waals surface area contributed by atoms with Crippen LogP contribution >= 0.6 is 11.6 Å². The molecule has 1 aromatic carbocycles. The van der Waals surface area contributed by atoms with Crippen molar-refractivity contribution in [2.24, 2.45) is 0 Å². The summed E-state index contributed by atoms with van der Waals surface area (Å²) in [5, 5.41) is 4.72. The first-order valence-corrected chi connectivity index (χ1v) is 9.95. The predicted octanol–water partition coefficient (Wildman–Crippen LogP) is 4.92. The first-order chi connectivity index (χ1) is 14.2. The molecular formula is C23H21ClN4O. The van der Waals surface area contributed by atoms with Crippen LogP contribution in [-0.4, -0.2) is 20.9 Å². The summed E-state index contributed by atoms with van der Waals surface area (Å²) < 4.78 is 0. The molecule has 0 fully saturated rings. The van der Waals surface area contributed by atoms with Gasteiger partial charge in [-0.3, -0.25) is 14.8 Å². The lowest BCUT2D eigenvalue weighted by molar-refractivity contribution is -0.121. The Hall–Kier alpha value is -3.18. The second-order valence-corrected chi connectivity index (χ2v) is 7.31. The molecule has 0 atom stereocenters. The summed E-state index contributed by atoms with van der Waals surface area (Å²) in [5.41, 5.74) is 5.02. The fraction of sp³-hybridized carbons (Fsp3) is 0.174. The van der Waals surface area contributed by atoms with E-state index >= 15 is 0 Å². The smallest absolute Gasteiger partial charge is 0.220 e. The van der Waals surface area contributed by atoms with Gasteiger partial charge in [-0.1, -0.05) is 23.7 Å². The van der Waals surface area contributed by atoms with Crippen molar-refractivity contribution in [2.45, 2.75) is 25.8 Å². The summed E-state index contributed by atoms with van der Waals surface area (Å²) in [6, 6.07) is 15.5. The summed E-state index contributed by atoms with van der Waals surface area (Å²) in [4.78, 5) is 24.3. The molecule has 0 bridgehead atoms. The number of halogens is 1. The zero-order valence-corrected chi connectivity index (χ0v) is 16.6. The number of hydrogen-bond acceptors (Lipinski definition) is 3. The number of hydrogen-bond donors (Lipinski definition) is 2. The topological polar surface area (TPSA) is 70.7 Å². The normalized spacial score (nSPS) is 10.9. The molecule has 3 heterocycles. The van der Waals surface area contributed by atoms with Gasteiger partial charge in [0.05, 0.1) is 11.4 Å². The van der Waals surface area contributed by atoms with Gasteiger partial charge in [-0.05, 0) is 60.4 Å². The van der Waals surface area contributed by atoms with Crippen LogP contribution in [0, 0.1) is 0 Å². The number of aromatic amines is 1. The Labute approximate surface area is 174 Å². The minimum Gasteiger partial charge on any atom is -0.353 e. The Morgan fingerprint density at radius 1 is 1.10 bits per heavy atom. The van der Waals surface area contributed by atoms with E-state index in [0.29, 0.717) is 18.0 Å². The number of aryl methyl sites for hydroxylation is 1. The lowest BCUT2D eigenvalue weighted by atomic mass is 10.0. The van der Waals surface area contributed by atoms with Crippen molar-refractivity contribution >= 4 is 28.4 Å². The molecule has 0 saturated carbocycles. The van der Waals surface area contributed by atoms with E-state index in [9.17, 15) is 4.79 Å². The Bertz CT molecular complexity index is 1110. The molecule has 0 spiro atoms. The summed E-state index contributed by atoms with van der Waals surface area (Å²) in [6.45, 7) is 0.495. The molecule has 4 aromatic rings. The number of rotatable bonds is 7. The fourth-order valence-electron chi connectivity index (χ4n) is 3.43. The van der Waals surface area contributed by atoms with Crippen LogP contribution in [0.2, 0.25) is 5.02 Å². The Morgan fingerprint density at radius 3 is 2.83 bits per heavy atom. The van der Waals surface area contributed by atoms with Crippen LogP contribution in [0.1, 0.15) is 24.0 Å². The van der Waals surface area contributed by atoms with Gasteiger partial charge in [-0.15, -0.1) is 0 Å². The molecule has 1 amide bonds. The Kier molecular flexibility index (Phi) is 5.86. The fourth-order valence-corrected chi connectivity index (χ4v) is 3.60. The Morgan fingerprint density at radius 2 is 2.03 bits per heavy atom. The lowest BCUT2D eigenvalue weighted by Crippen LogP contribution is -2.22. The highest BCUT2D eigenvalue weighted by Gasteiger charge is 2.15. The number of amides is 1. The van der Waals surface area contributed by atoms with Crippen LogP contribution in [0.25, 0.3) is 22.3 Å². The molecule has 146 valence electrons. The van der Waals surface area contributed by atoms with Crippen molar-refractivity contribution in [3.05, 3.63) is 83.3 Å². The number of nitrogens with one attached hydrogen (secondary N) is 2. The summed E-state index contributed by atoms with van der Waals surface area (Å²) >= 11 is 6.23. The van der Waals surface area contributed by atoms with Gasteiger partial charge in [0.2, 0.25) is 5.91 Å². The number of carbonyl (C=O) groups is 1. The molecule has 0 saturated heterocycles. The number of benzene rings is 1. The monoisotopic (exact) mass is 404 g/mol. The maximum absolute atomic E-state index is 12.2. The molecule has 29 heavy (non-hydrogen) atoms. The highest BCUT2D eigenvalue weighted by atomic mass is 35.5. The third kappa shape index (κ3) is 4.63. The van der Waals surface area contributed by atoms with Gasteiger partial charge in [0.15, 0.2) is 0 Å². The van der Waals surface area contributed by atoms with Crippen molar-refractivity contribution in [3.8, 4) is 11.4 Å². The van der Waals surface area contributed by atoms with Crippen molar-refractivity contribution in [2.75, 3.05) is 0 Å². The number of pyridine rings is 2. The van der Waals surface area contributed by atoms with E-state index in [1.54, 1.807) is 18.6 Å². The van der Waals surface area contributed by atoms with E-state index in [1.807, 2.05) is 48.5 Å². The SMILES string of the molecule is O=C(CCCc1c(-c2ccccn2)[nH]c2ccc(Cl)cc12)NCc1cccnc1. The number of carbonyl (C=O) groups excluding carboxylic acids is 1. The van der Waals surface area contributed by atoms with Crippen LogP contribution in [-0.2, 0) is 17.8 Å². The first-order valence-electron chi connectivity index (χ1n) is 9.58. The van der Waals surface area contributed by atoms with Gasteiger partial charge in [-0.25, -0.2) is 0 Å². The standard InChI is InChI=1S/C23H21ClN4O/c24-17-9-10-20-19(13-17)18(23(28-20)21-7-1-2-12-26-21)6-3-8-22(29)27-15-16-5-4-11-25-14-16/h1-2,4-5,7,9-14,28H,3,6,8,15H2,(H,27,29). The van der Waals surface area contributed by atoms with Gasteiger partial charge < -0.3 is 10.3 Å². The molecule has 0 radical (unpaired) electrons. The van der Waals surface area contributed by atoms with E-state index in [-0.39, 0.29) is 5.91 Å². The first kappa shape index (κ1) is 19.2. The Balaban J connectivity index is 1.47. The zero-order chi connectivity index (χ0) is 20.1. The third-order valence-corrected chi connectivity index (χ3v) is 5.07. The van der Waals surface area contributed by atoms with Gasteiger partial charge in [0, 0.05) is 47.5 Å². The van der Waals surface area contributed by atoms with Gasteiger partial charge in [0.1, 0.15) is 0 Å². The van der Waals surface area contributed by atoms with Crippen molar-refractivity contribution in [1.29, 1.82) is 0 Å². The summed E-state index contributed by atoms with van der Waals surface area (Å²) in [7, 11) is 0. The number of nitrogens with zero attached hydrogens (tertiary/aromatic N) is 2. The highest BCUT2D eigenvalue weighted by Crippen LogP contribution is 2.32. The van der Waals surface area contributed by atoms with Crippen LogP contribution < -0.4 is 5.32 Å². The largest absolute Gasteiger partial charge is 0.353 e. The maximum atomic E-state index is 12.2. The summed E-state index contributed by atoms with van der Waals surface area (Å²) in [6.07, 6.45) is 7.20. The van der Waals surface area contributed by atoms with E-state index in [2.05, 4.69) is 20.3 Å². The minimum absolute atomic E-state index is 0.0334. The number of aromatic nitrogens is 3. The van der Waals surface area contributed by atoms with Gasteiger partial charge in [-0.2, -0.15) is 0 Å². The molecular weight excluding hydrogens is 384 g/mol. The second kappa shape index (κ2) is 8.88. The van der Waals surface area contributed by atoms with E-state index in [0.717, 1.165) is 46.3 Å². The lowest BCUT2D eigenvalue weighted by Gasteiger charge is -2.07. The quantitative estimate of drug-likeness (QED) is 0.459. The molecule has 4 rings (SSSR count). The average molecular weight is 405 g/mol. The molecule has 3 aromatic heterocycles. The van der Waals surface area contributed by atoms with Crippen molar-refractivity contribution < 1.29 is 4.79 Å². The highest BCUT2D eigenvalue weighted by molar-refractivity contribution is 6.31. The van der Waals surface area contributed by atoms with Crippen molar-refractivity contribution in [1.82, 2.24) is 20.3 Å². The molecule has 0 aliphatic heterocycles. The maximum Gasteiger partial charge on any atom is 0.220 e. The van der Waals surface area contributed by atoms with E-state index < -0.39 is 0 Å². The van der Waals surface area contributed by atoms with Crippen LogP contribution in [0.3, 0.4) is 0 Å². The molecule has 2 N–H and O–H groups in total. The molecule has 5 nitrogen and oxygen atoms in total. The third-order valence-electron chi connectivity index (χ3n) is 4.83. The summed E-state index contributed by atoms with van der Waals surface area (Å²) in [5.74, 6) is 0.0334. The molecule has 0 aliphatic rings. The van der Waals surface area contributed by atoms with Crippen molar-refractivity contribution in [3.63, 3.8) is 0 Å². The number of H-pyrrole nitrogens is 1. The van der Waals surface area contributed by atoms with Crippen LogP contribution in [0.5, 0.6) is 0 Å². The minimum atomic E-state index is 0.0334. The molecule has 6 heteroatoms. The van der Waals surface area contributed by atoms with Crippen LogP contribution in [0.15, 0.2) is 67.1 Å². The molecule has 0 aliphatic carbocycles. The van der Waals surface area contributed by atoms with E-state index in [1.165, 1.54) is 0 Å². The van der Waals surface area contributed by atoms with Gasteiger partial charge >= 0.3 is 0 Å². The predicted molar refractivity (Wildman–Crippen MR) is 116 cm³/mol. The van der Waals surface area contributed by atoms with E-state index in [4.69, 9.17) is 11.6 Å². The zero-order valence-electron chi connectivity index (χ0n) is 15.9. The average Bonchev–Trinajstić information content (AvgIpc) is 3.11. The second-order valence-electron chi connectivity index (χ2n) is 6.87. The van der Waals surface area contributed by atoms with Gasteiger partial charge in [0.25, 0.3) is 0 Å². The molecule has 0 unspecified atom stereocenters. The number of fused-ring (bicyclic) bond motifs is 1.